The zero-order valence-electron chi connectivity index (χ0n) is 15.4. The van der Waals surface area contributed by atoms with E-state index in [-0.39, 0.29) is 12.3 Å². The van der Waals surface area contributed by atoms with E-state index in [0.29, 0.717) is 29.7 Å². The number of ether oxygens (including phenoxy) is 1. The lowest BCUT2D eigenvalue weighted by molar-refractivity contribution is 0.105. The lowest BCUT2D eigenvalue weighted by atomic mass is 10.1. The van der Waals surface area contributed by atoms with Gasteiger partial charge in [0.1, 0.15) is 5.82 Å². The van der Waals surface area contributed by atoms with Crippen LogP contribution in [0.25, 0.3) is 0 Å². The largest absolute Gasteiger partial charge is 0.378 e. The molecule has 2 N–H and O–H groups in total. The van der Waals surface area contributed by atoms with Gasteiger partial charge >= 0.3 is 0 Å². The molecule has 0 bridgehead atoms. The van der Waals surface area contributed by atoms with Gasteiger partial charge in [-0.2, -0.15) is 0 Å². The molecule has 0 radical (unpaired) electrons. The van der Waals surface area contributed by atoms with Gasteiger partial charge in [0, 0.05) is 26.0 Å². The normalized spacial score (nSPS) is 18.1. The highest BCUT2D eigenvalue weighted by atomic mass is 32.2. The molecule has 8 heteroatoms. The minimum atomic E-state index is -3.20. The van der Waals surface area contributed by atoms with E-state index in [2.05, 4.69) is 15.6 Å². The van der Waals surface area contributed by atoms with Gasteiger partial charge in [0.2, 0.25) is 0 Å². The maximum absolute atomic E-state index is 13.6. The van der Waals surface area contributed by atoms with E-state index in [0.717, 1.165) is 32.4 Å². The van der Waals surface area contributed by atoms with Crippen molar-refractivity contribution in [2.45, 2.75) is 44.6 Å². The van der Waals surface area contributed by atoms with Crippen LogP contribution in [0.15, 0.2) is 23.2 Å². The van der Waals surface area contributed by atoms with Crippen LogP contribution < -0.4 is 10.6 Å². The Labute approximate surface area is 155 Å². The predicted octanol–water partition coefficient (Wildman–Crippen LogP) is 1.99. The second-order valence-corrected chi connectivity index (χ2v) is 8.67. The van der Waals surface area contributed by atoms with Crippen molar-refractivity contribution in [1.29, 1.82) is 0 Å². The lowest BCUT2D eigenvalue weighted by Gasteiger charge is -2.14. The molecule has 1 saturated heterocycles. The number of sulfone groups is 1. The molecule has 1 unspecified atom stereocenters. The van der Waals surface area contributed by atoms with Crippen LogP contribution in [0.4, 0.5) is 4.39 Å². The highest BCUT2D eigenvalue weighted by Crippen LogP contribution is 2.16. The summed E-state index contributed by atoms with van der Waals surface area (Å²) in [5.41, 5.74) is 1.15. The molecule has 1 aliphatic rings. The van der Waals surface area contributed by atoms with Crippen LogP contribution in [0.2, 0.25) is 0 Å². The number of hydrogen-bond donors (Lipinski definition) is 2. The fourth-order valence-corrected chi connectivity index (χ4v) is 3.74. The number of hydrogen-bond acceptors (Lipinski definition) is 4. The third-order valence-corrected chi connectivity index (χ3v) is 4.96. The summed E-state index contributed by atoms with van der Waals surface area (Å²) >= 11 is 0. The Kier molecular flexibility index (Phi) is 7.84. The third-order valence-electron chi connectivity index (χ3n) is 4.12. The summed E-state index contributed by atoms with van der Waals surface area (Å²) < 4.78 is 42.3. The molecule has 26 heavy (non-hydrogen) atoms. The van der Waals surface area contributed by atoms with E-state index in [4.69, 9.17) is 4.74 Å². The molecule has 0 aliphatic carbocycles. The number of nitrogens with one attached hydrogen (secondary N) is 2. The minimum absolute atomic E-state index is 0.124. The maximum Gasteiger partial charge on any atom is 0.191 e. The van der Waals surface area contributed by atoms with E-state index in [9.17, 15) is 12.8 Å². The average Bonchev–Trinajstić information content (AvgIpc) is 3.07. The average molecular weight is 386 g/mol. The van der Waals surface area contributed by atoms with Crippen molar-refractivity contribution in [3.8, 4) is 0 Å². The van der Waals surface area contributed by atoms with Gasteiger partial charge in [-0.25, -0.2) is 17.8 Å². The third kappa shape index (κ3) is 7.29. The Morgan fingerprint density at radius 2 is 2.15 bits per heavy atom. The molecule has 1 aliphatic heterocycles. The minimum Gasteiger partial charge on any atom is -0.378 e. The summed E-state index contributed by atoms with van der Waals surface area (Å²) in [4.78, 5) is 4.47. The van der Waals surface area contributed by atoms with Gasteiger partial charge in [-0.1, -0.05) is 6.07 Å². The molecule has 0 saturated carbocycles. The van der Waals surface area contributed by atoms with Crippen molar-refractivity contribution >= 4 is 15.8 Å². The molecule has 1 aromatic rings. The van der Waals surface area contributed by atoms with E-state index in [1.54, 1.807) is 0 Å². The van der Waals surface area contributed by atoms with Gasteiger partial charge < -0.3 is 15.4 Å². The fourth-order valence-electron chi connectivity index (χ4n) is 2.89. The van der Waals surface area contributed by atoms with Crippen LogP contribution in [0.5, 0.6) is 0 Å². The van der Waals surface area contributed by atoms with Crippen molar-refractivity contribution in [2.75, 3.05) is 26.0 Å². The molecule has 1 heterocycles. The lowest BCUT2D eigenvalue weighted by Crippen LogP contribution is -2.38. The van der Waals surface area contributed by atoms with Crippen LogP contribution >= 0.6 is 0 Å². The number of guanidine groups is 1. The molecule has 1 fully saturated rings. The van der Waals surface area contributed by atoms with Gasteiger partial charge in [0.15, 0.2) is 15.8 Å². The summed E-state index contributed by atoms with van der Waals surface area (Å²) in [5, 5.41) is 6.39. The van der Waals surface area contributed by atoms with E-state index >= 15 is 0 Å². The van der Waals surface area contributed by atoms with Crippen LogP contribution in [-0.2, 0) is 26.9 Å². The van der Waals surface area contributed by atoms with Gasteiger partial charge in [0.25, 0.3) is 0 Å². The smallest absolute Gasteiger partial charge is 0.191 e. The first-order valence-electron chi connectivity index (χ1n) is 8.96. The molecule has 146 valence electrons. The Morgan fingerprint density at radius 1 is 1.35 bits per heavy atom. The first-order valence-corrected chi connectivity index (χ1v) is 11.0. The van der Waals surface area contributed by atoms with Crippen molar-refractivity contribution in [1.82, 2.24) is 10.6 Å². The molecule has 0 amide bonds. The highest BCUT2D eigenvalue weighted by Gasteiger charge is 2.15. The summed E-state index contributed by atoms with van der Waals surface area (Å²) in [7, 11) is -3.20. The second-order valence-electron chi connectivity index (χ2n) is 6.53. The Morgan fingerprint density at radius 3 is 2.81 bits per heavy atom. The quantitative estimate of drug-likeness (QED) is 0.528. The van der Waals surface area contributed by atoms with Crippen molar-refractivity contribution in [2.24, 2.45) is 4.99 Å². The molecule has 0 aromatic heterocycles. The van der Waals surface area contributed by atoms with E-state index < -0.39 is 15.7 Å². The maximum atomic E-state index is 13.6. The van der Waals surface area contributed by atoms with Gasteiger partial charge in [-0.3, -0.25) is 0 Å². The molecular weight excluding hydrogens is 357 g/mol. The van der Waals surface area contributed by atoms with Crippen LogP contribution in [-0.4, -0.2) is 46.4 Å². The standard InChI is InChI=1S/C18H28FN3O3S/c1-3-20-18(21-9-8-17-5-4-10-25-17)22-12-15-11-16(19)7-6-14(15)13-26(2,23)24/h6-7,11,17H,3-5,8-10,12-13H2,1-2H3,(H2,20,21,22). The number of aliphatic imine (C=N–C) groups is 1. The SMILES string of the molecule is CCNC(=NCc1cc(F)ccc1CS(C)(=O)=O)NCCC1CCCO1. The topological polar surface area (TPSA) is 79.8 Å². The van der Waals surface area contributed by atoms with Gasteiger partial charge in [-0.15, -0.1) is 0 Å². The first-order chi connectivity index (χ1) is 12.4. The van der Waals surface area contributed by atoms with E-state index in [1.807, 2.05) is 6.92 Å². The summed E-state index contributed by atoms with van der Waals surface area (Å²) in [6, 6.07) is 4.14. The first kappa shape index (κ1) is 20.6. The molecular formula is C18H28FN3O3S. The number of benzene rings is 1. The Bertz CT molecular complexity index is 716. The van der Waals surface area contributed by atoms with Crippen LogP contribution in [0, 0.1) is 5.82 Å². The Hall–Kier alpha value is -1.67. The monoisotopic (exact) mass is 385 g/mol. The van der Waals surface area contributed by atoms with Crippen molar-refractivity contribution < 1.29 is 17.5 Å². The predicted molar refractivity (Wildman–Crippen MR) is 101 cm³/mol. The second kappa shape index (κ2) is 9.87. The summed E-state index contributed by atoms with van der Waals surface area (Å²) in [6.45, 7) is 4.44. The molecule has 0 spiro atoms. The summed E-state index contributed by atoms with van der Waals surface area (Å²) in [5.74, 6) is 0.102. The highest BCUT2D eigenvalue weighted by molar-refractivity contribution is 7.89. The number of nitrogens with zero attached hydrogens (tertiary/aromatic N) is 1. The summed E-state index contributed by atoms with van der Waals surface area (Å²) in [6.07, 6.45) is 4.58. The molecule has 1 atom stereocenters. The van der Waals surface area contributed by atoms with Gasteiger partial charge in [0.05, 0.1) is 18.4 Å². The Balaban J connectivity index is 2.01. The van der Waals surface area contributed by atoms with Gasteiger partial charge in [-0.05, 0) is 49.4 Å². The number of halogens is 1. The molecule has 2 rings (SSSR count). The number of rotatable bonds is 8. The fraction of sp³-hybridized carbons (Fsp3) is 0.611. The molecule has 1 aromatic carbocycles. The zero-order valence-corrected chi connectivity index (χ0v) is 16.2. The van der Waals surface area contributed by atoms with E-state index in [1.165, 1.54) is 24.5 Å². The zero-order chi connectivity index (χ0) is 19.0. The molecule has 6 nitrogen and oxygen atoms in total. The van der Waals surface area contributed by atoms with Crippen LogP contribution in [0.3, 0.4) is 0 Å². The van der Waals surface area contributed by atoms with Crippen molar-refractivity contribution in [3.63, 3.8) is 0 Å². The van der Waals surface area contributed by atoms with Crippen molar-refractivity contribution in [3.05, 3.63) is 35.1 Å². The van der Waals surface area contributed by atoms with Crippen LogP contribution in [0.1, 0.15) is 37.3 Å².